The Morgan fingerprint density at radius 2 is 1.31 bits per heavy atom. The number of benzene rings is 3. The summed E-state index contributed by atoms with van der Waals surface area (Å²) in [6.45, 7) is 0. The molecule has 1 aliphatic heterocycles. The maximum atomic E-state index is 13.0. The highest BCUT2D eigenvalue weighted by atomic mass is 16.4. The van der Waals surface area contributed by atoms with Gasteiger partial charge in [0.1, 0.15) is 11.3 Å². The Bertz CT molecular complexity index is 1250. The Morgan fingerprint density at radius 1 is 0.692 bits per heavy atom. The van der Waals surface area contributed by atoms with Crippen LogP contribution in [0, 0.1) is 0 Å². The number of nitrogens with zero attached hydrogens (tertiary/aromatic N) is 1. The molecule has 5 rings (SSSR count). The molecule has 5 heteroatoms. The smallest absolute Gasteiger partial charge is 0.360 e. The molecule has 0 saturated carbocycles. The summed E-state index contributed by atoms with van der Waals surface area (Å²) in [7, 11) is 0. The van der Waals surface area contributed by atoms with Gasteiger partial charge in [0.15, 0.2) is 0 Å². The average Bonchev–Trinajstić information content (AvgIpc) is 2.66. The number of imide groups is 1. The van der Waals surface area contributed by atoms with Gasteiger partial charge >= 0.3 is 5.63 Å². The standard InChI is InChI=1S/C21H11NO4/c23-19-14-8-3-6-12-7-4-9-15(18(12)14)20(24)22(19)16-11-13-5-1-2-10-17(13)26-21(16)25/h1-11H. The van der Waals surface area contributed by atoms with E-state index in [1.54, 1.807) is 48.5 Å². The maximum Gasteiger partial charge on any atom is 0.360 e. The van der Waals surface area contributed by atoms with E-state index in [4.69, 9.17) is 4.42 Å². The first-order valence-electron chi connectivity index (χ1n) is 8.08. The number of hydrogen-bond donors (Lipinski definition) is 0. The molecule has 26 heavy (non-hydrogen) atoms. The zero-order valence-corrected chi connectivity index (χ0v) is 13.4. The molecule has 0 N–H and O–H groups in total. The molecule has 0 bridgehead atoms. The molecule has 0 spiro atoms. The third kappa shape index (κ3) is 1.88. The van der Waals surface area contributed by atoms with E-state index in [1.165, 1.54) is 6.07 Å². The maximum absolute atomic E-state index is 13.0. The second kappa shape index (κ2) is 5.13. The minimum absolute atomic E-state index is 0.0785. The summed E-state index contributed by atoms with van der Waals surface area (Å²) < 4.78 is 5.30. The number of anilines is 1. The van der Waals surface area contributed by atoms with Crippen molar-refractivity contribution in [2.24, 2.45) is 0 Å². The number of carbonyl (C=O) groups excluding carboxylic acids is 2. The van der Waals surface area contributed by atoms with Crippen LogP contribution in [0.25, 0.3) is 21.7 Å². The molecule has 0 aliphatic carbocycles. The van der Waals surface area contributed by atoms with Crippen molar-refractivity contribution in [1.29, 1.82) is 0 Å². The van der Waals surface area contributed by atoms with Crippen molar-refractivity contribution in [2.75, 3.05) is 4.90 Å². The predicted molar refractivity (Wildman–Crippen MR) is 97.6 cm³/mol. The summed E-state index contributed by atoms with van der Waals surface area (Å²) in [5.41, 5.74) is 0.387. The van der Waals surface area contributed by atoms with Crippen LogP contribution < -0.4 is 10.5 Å². The summed E-state index contributed by atoms with van der Waals surface area (Å²) in [4.78, 5) is 39.4. The van der Waals surface area contributed by atoms with Gasteiger partial charge in [-0.1, -0.05) is 42.5 Å². The van der Waals surface area contributed by atoms with Crippen molar-refractivity contribution in [2.45, 2.75) is 0 Å². The number of rotatable bonds is 1. The van der Waals surface area contributed by atoms with Crippen molar-refractivity contribution in [3.05, 3.63) is 88.3 Å². The van der Waals surface area contributed by atoms with Gasteiger partial charge in [0.2, 0.25) is 0 Å². The second-order valence-electron chi connectivity index (χ2n) is 6.11. The van der Waals surface area contributed by atoms with Gasteiger partial charge in [-0.05, 0) is 29.7 Å². The van der Waals surface area contributed by atoms with Crippen LogP contribution in [0.4, 0.5) is 5.69 Å². The fourth-order valence-corrected chi connectivity index (χ4v) is 3.46. The fourth-order valence-electron chi connectivity index (χ4n) is 3.46. The van der Waals surface area contributed by atoms with Crippen LogP contribution in [0.5, 0.6) is 0 Å². The first-order valence-corrected chi connectivity index (χ1v) is 8.08. The van der Waals surface area contributed by atoms with Gasteiger partial charge < -0.3 is 4.42 Å². The number of hydrogen-bond acceptors (Lipinski definition) is 4. The van der Waals surface area contributed by atoms with Gasteiger partial charge in [0, 0.05) is 21.9 Å². The number of para-hydroxylation sites is 1. The van der Waals surface area contributed by atoms with Crippen LogP contribution in [-0.4, -0.2) is 11.8 Å². The molecule has 3 aromatic carbocycles. The third-order valence-electron chi connectivity index (χ3n) is 4.64. The summed E-state index contributed by atoms with van der Waals surface area (Å²) in [6.07, 6.45) is 0. The zero-order chi connectivity index (χ0) is 17.8. The lowest BCUT2D eigenvalue weighted by molar-refractivity contribution is 0.0892. The van der Waals surface area contributed by atoms with Crippen molar-refractivity contribution >= 4 is 39.2 Å². The molecule has 124 valence electrons. The highest BCUT2D eigenvalue weighted by Gasteiger charge is 2.35. The minimum atomic E-state index is -0.725. The Labute approximate surface area is 147 Å². The van der Waals surface area contributed by atoms with Crippen molar-refractivity contribution in [3.63, 3.8) is 0 Å². The molecule has 0 radical (unpaired) electrons. The van der Waals surface area contributed by atoms with Crippen molar-refractivity contribution in [3.8, 4) is 0 Å². The molecular weight excluding hydrogens is 330 g/mol. The first-order chi connectivity index (χ1) is 12.6. The molecular formula is C21H11NO4. The van der Waals surface area contributed by atoms with Gasteiger partial charge in [0.25, 0.3) is 11.8 Å². The summed E-state index contributed by atoms with van der Waals surface area (Å²) in [6, 6.07) is 19.0. The van der Waals surface area contributed by atoms with Crippen LogP contribution in [-0.2, 0) is 0 Å². The van der Waals surface area contributed by atoms with Crippen LogP contribution >= 0.6 is 0 Å². The number of amides is 2. The highest BCUT2D eigenvalue weighted by Crippen LogP contribution is 2.32. The lowest BCUT2D eigenvalue weighted by Gasteiger charge is -2.26. The molecule has 1 aromatic heterocycles. The summed E-state index contributed by atoms with van der Waals surface area (Å²) in [5.74, 6) is -1.05. The van der Waals surface area contributed by atoms with E-state index in [-0.39, 0.29) is 5.69 Å². The predicted octanol–water partition coefficient (Wildman–Crippen LogP) is 3.75. The van der Waals surface area contributed by atoms with Crippen molar-refractivity contribution in [1.82, 2.24) is 0 Å². The van der Waals surface area contributed by atoms with Crippen LogP contribution in [0.1, 0.15) is 20.7 Å². The summed E-state index contributed by atoms with van der Waals surface area (Å²) >= 11 is 0. The second-order valence-corrected chi connectivity index (χ2v) is 6.11. The monoisotopic (exact) mass is 341 g/mol. The molecule has 1 aliphatic rings. The van der Waals surface area contributed by atoms with Crippen LogP contribution in [0.15, 0.2) is 75.9 Å². The van der Waals surface area contributed by atoms with Gasteiger partial charge in [-0.2, -0.15) is 0 Å². The number of fused-ring (bicyclic) bond motifs is 1. The summed E-state index contributed by atoms with van der Waals surface area (Å²) in [5, 5.41) is 2.07. The third-order valence-corrected chi connectivity index (χ3v) is 4.64. The van der Waals surface area contributed by atoms with Crippen LogP contribution in [0.2, 0.25) is 0 Å². The Morgan fingerprint density at radius 3 is 2.00 bits per heavy atom. The molecule has 0 saturated heterocycles. The molecule has 2 heterocycles. The van der Waals surface area contributed by atoms with E-state index in [2.05, 4.69) is 0 Å². The quantitative estimate of drug-likeness (QED) is 0.391. The Hall–Kier alpha value is -3.73. The van der Waals surface area contributed by atoms with Gasteiger partial charge in [-0.25, -0.2) is 9.69 Å². The first kappa shape index (κ1) is 14.6. The van der Waals surface area contributed by atoms with E-state index >= 15 is 0 Å². The van der Waals surface area contributed by atoms with Gasteiger partial charge in [-0.15, -0.1) is 0 Å². The number of carbonyl (C=O) groups is 2. The molecule has 0 atom stereocenters. The van der Waals surface area contributed by atoms with Crippen molar-refractivity contribution < 1.29 is 14.0 Å². The SMILES string of the molecule is O=C1c2cccc3cccc(c23)C(=O)N1c1cc2ccccc2oc1=O. The Kier molecular flexibility index (Phi) is 2.88. The zero-order valence-electron chi connectivity index (χ0n) is 13.4. The largest absolute Gasteiger partial charge is 0.421 e. The van der Waals surface area contributed by atoms with E-state index in [9.17, 15) is 14.4 Å². The normalized spacial score (nSPS) is 13.6. The fraction of sp³-hybridized carbons (Fsp3) is 0. The molecule has 2 amide bonds. The lowest BCUT2D eigenvalue weighted by Crippen LogP contribution is -2.42. The average molecular weight is 341 g/mol. The molecule has 0 unspecified atom stereocenters. The molecule has 5 nitrogen and oxygen atoms in total. The molecule has 4 aromatic rings. The Balaban J connectivity index is 1.80. The van der Waals surface area contributed by atoms with E-state index < -0.39 is 17.4 Å². The van der Waals surface area contributed by atoms with Gasteiger partial charge in [-0.3, -0.25) is 9.59 Å². The lowest BCUT2D eigenvalue weighted by atomic mass is 9.94. The van der Waals surface area contributed by atoms with Gasteiger partial charge in [0.05, 0.1) is 0 Å². The van der Waals surface area contributed by atoms with Crippen LogP contribution in [0.3, 0.4) is 0 Å². The highest BCUT2D eigenvalue weighted by molar-refractivity contribution is 6.35. The van der Waals surface area contributed by atoms with E-state index in [1.807, 2.05) is 12.1 Å². The minimum Gasteiger partial charge on any atom is -0.421 e. The topological polar surface area (TPSA) is 67.6 Å². The molecule has 0 fully saturated rings. The van der Waals surface area contributed by atoms with E-state index in [0.29, 0.717) is 27.5 Å². The van der Waals surface area contributed by atoms with E-state index in [0.717, 1.165) is 10.3 Å².